The van der Waals surface area contributed by atoms with Crippen LogP contribution in [0.4, 0.5) is 4.39 Å². The number of benzene rings is 1. The molecule has 1 aromatic carbocycles. The minimum atomic E-state index is -3.84. The first-order valence-electron chi connectivity index (χ1n) is 5.98. The van der Waals surface area contributed by atoms with Crippen LogP contribution in [0.2, 0.25) is 0 Å². The number of sulfonamides is 1. The topological polar surface area (TPSA) is 72.2 Å². The number of halogens is 1. The van der Waals surface area contributed by atoms with Gasteiger partial charge in [-0.3, -0.25) is 0 Å². The van der Waals surface area contributed by atoms with Crippen LogP contribution in [0.25, 0.3) is 0 Å². The van der Waals surface area contributed by atoms with Gasteiger partial charge >= 0.3 is 0 Å². The first kappa shape index (κ1) is 15.1. The molecule has 0 spiro atoms. The molecule has 0 heterocycles. The van der Waals surface area contributed by atoms with Gasteiger partial charge in [-0.25, -0.2) is 17.5 Å². The maximum Gasteiger partial charge on any atom is 0.243 e. The standard InChI is InChI=1S/C12H19FN2O2S/c1-2-3-6-10(9-14)15-18(16,17)12-8-5-4-7-11(12)13/h4-5,7-8,10,15H,2-3,6,9,14H2,1H3. The number of rotatable bonds is 7. The van der Waals surface area contributed by atoms with Crippen LogP contribution in [0.1, 0.15) is 26.2 Å². The van der Waals surface area contributed by atoms with Crippen molar-refractivity contribution in [1.82, 2.24) is 4.72 Å². The third-order valence-electron chi connectivity index (χ3n) is 2.64. The van der Waals surface area contributed by atoms with E-state index in [1.165, 1.54) is 18.2 Å². The fraction of sp³-hybridized carbons (Fsp3) is 0.500. The highest BCUT2D eigenvalue weighted by Gasteiger charge is 2.21. The average Bonchev–Trinajstić information content (AvgIpc) is 2.34. The maximum absolute atomic E-state index is 13.4. The molecule has 1 atom stereocenters. The minimum Gasteiger partial charge on any atom is -0.329 e. The Morgan fingerprint density at radius 3 is 2.61 bits per heavy atom. The molecule has 18 heavy (non-hydrogen) atoms. The monoisotopic (exact) mass is 274 g/mol. The van der Waals surface area contributed by atoms with Crippen molar-refractivity contribution in [3.8, 4) is 0 Å². The molecule has 102 valence electrons. The molecular formula is C12H19FN2O2S. The summed E-state index contributed by atoms with van der Waals surface area (Å²) in [4.78, 5) is -0.333. The van der Waals surface area contributed by atoms with Crippen LogP contribution in [0, 0.1) is 5.82 Å². The Hall–Kier alpha value is -0.980. The molecule has 0 aliphatic heterocycles. The van der Waals surface area contributed by atoms with Gasteiger partial charge in [-0.15, -0.1) is 0 Å². The predicted molar refractivity (Wildman–Crippen MR) is 69.1 cm³/mol. The smallest absolute Gasteiger partial charge is 0.243 e. The Kier molecular flexibility index (Phi) is 5.71. The lowest BCUT2D eigenvalue weighted by atomic mass is 10.1. The molecule has 0 aromatic heterocycles. The molecule has 1 unspecified atom stereocenters. The van der Waals surface area contributed by atoms with Gasteiger partial charge in [-0.1, -0.05) is 31.9 Å². The van der Waals surface area contributed by atoms with Crippen LogP contribution in [-0.2, 0) is 10.0 Å². The summed E-state index contributed by atoms with van der Waals surface area (Å²) in [6, 6.07) is 4.95. The normalized spacial score (nSPS) is 13.5. The van der Waals surface area contributed by atoms with Gasteiger partial charge in [0.1, 0.15) is 10.7 Å². The van der Waals surface area contributed by atoms with Gasteiger partial charge in [0.2, 0.25) is 10.0 Å². The molecule has 1 rings (SSSR count). The molecule has 0 amide bonds. The van der Waals surface area contributed by atoms with E-state index in [4.69, 9.17) is 5.73 Å². The van der Waals surface area contributed by atoms with Crippen molar-refractivity contribution >= 4 is 10.0 Å². The Morgan fingerprint density at radius 1 is 1.39 bits per heavy atom. The lowest BCUT2D eigenvalue weighted by Gasteiger charge is -2.16. The predicted octanol–water partition coefficient (Wildman–Crippen LogP) is 1.62. The summed E-state index contributed by atoms with van der Waals surface area (Å²) in [7, 11) is -3.84. The fourth-order valence-electron chi connectivity index (χ4n) is 1.62. The molecular weight excluding hydrogens is 255 g/mol. The van der Waals surface area contributed by atoms with E-state index in [1.54, 1.807) is 0 Å². The van der Waals surface area contributed by atoms with Crippen molar-refractivity contribution in [2.45, 2.75) is 37.1 Å². The molecule has 0 saturated heterocycles. The van der Waals surface area contributed by atoms with Crippen molar-refractivity contribution < 1.29 is 12.8 Å². The molecule has 3 N–H and O–H groups in total. The van der Waals surface area contributed by atoms with E-state index in [0.717, 1.165) is 18.9 Å². The SMILES string of the molecule is CCCCC(CN)NS(=O)(=O)c1ccccc1F. The summed E-state index contributed by atoms with van der Waals surface area (Å²) in [6.45, 7) is 2.21. The van der Waals surface area contributed by atoms with Crippen molar-refractivity contribution in [2.75, 3.05) is 6.54 Å². The summed E-state index contributed by atoms with van der Waals surface area (Å²) in [5.41, 5.74) is 5.52. The van der Waals surface area contributed by atoms with Gasteiger partial charge in [-0.05, 0) is 18.6 Å². The number of nitrogens with one attached hydrogen (secondary N) is 1. The molecule has 0 saturated carbocycles. The molecule has 0 aliphatic rings. The van der Waals surface area contributed by atoms with Crippen LogP contribution < -0.4 is 10.5 Å². The highest BCUT2D eigenvalue weighted by molar-refractivity contribution is 7.89. The summed E-state index contributed by atoms with van der Waals surface area (Å²) >= 11 is 0. The van der Waals surface area contributed by atoms with Crippen molar-refractivity contribution in [1.29, 1.82) is 0 Å². The molecule has 0 radical (unpaired) electrons. The zero-order valence-corrected chi connectivity index (χ0v) is 11.2. The highest BCUT2D eigenvalue weighted by atomic mass is 32.2. The maximum atomic E-state index is 13.4. The van der Waals surface area contributed by atoms with Gasteiger partial charge in [0.15, 0.2) is 0 Å². The number of hydrogen-bond acceptors (Lipinski definition) is 3. The van der Waals surface area contributed by atoms with Gasteiger partial charge in [0.25, 0.3) is 0 Å². The first-order chi connectivity index (χ1) is 8.51. The van der Waals surface area contributed by atoms with Crippen LogP contribution >= 0.6 is 0 Å². The Morgan fingerprint density at radius 2 is 2.06 bits per heavy atom. The van der Waals surface area contributed by atoms with E-state index < -0.39 is 15.8 Å². The summed E-state index contributed by atoms with van der Waals surface area (Å²) in [5.74, 6) is -0.753. The molecule has 1 aromatic rings. The van der Waals surface area contributed by atoms with Crippen molar-refractivity contribution in [2.24, 2.45) is 5.73 Å². The zero-order chi connectivity index (χ0) is 13.6. The van der Waals surface area contributed by atoms with Crippen molar-refractivity contribution in [3.05, 3.63) is 30.1 Å². The molecule has 6 heteroatoms. The van der Waals surface area contributed by atoms with E-state index in [-0.39, 0.29) is 17.5 Å². The quantitative estimate of drug-likeness (QED) is 0.793. The highest BCUT2D eigenvalue weighted by Crippen LogP contribution is 2.14. The Bertz CT molecular complexity index is 477. The molecule has 4 nitrogen and oxygen atoms in total. The second kappa shape index (κ2) is 6.82. The van der Waals surface area contributed by atoms with Gasteiger partial charge < -0.3 is 5.73 Å². The van der Waals surface area contributed by atoms with Gasteiger partial charge in [0.05, 0.1) is 0 Å². The number of unbranched alkanes of at least 4 members (excludes halogenated alkanes) is 1. The zero-order valence-electron chi connectivity index (χ0n) is 10.4. The second-order valence-electron chi connectivity index (χ2n) is 4.13. The average molecular weight is 274 g/mol. The molecule has 0 bridgehead atoms. The van der Waals surface area contributed by atoms with Gasteiger partial charge in [0, 0.05) is 12.6 Å². The van der Waals surface area contributed by atoms with Crippen LogP contribution in [0.15, 0.2) is 29.2 Å². The van der Waals surface area contributed by atoms with E-state index >= 15 is 0 Å². The lowest BCUT2D eigenvalue weighted by molar-refractivity contribution is 0.509. The van der Waals surface area contributed by atoms with E-state index in [9.17, 15) is 12.8 Å². The number of hydrogen-bond donors (Lipinski definition) is 2. The minimum absolute atomic E-state index is 0.202. The van der Waals surface area contributed by atoms with E-state index in [0.29, 0.717) is 6.42 Å². The third kappa shape index (κ3) is 4.04. The van der Waals surface area contributed by atoms with Crippen molar-refractivity contribution in [3.63, 3.8) is 0 Å². The molecule has 0 fully saturated rings. The largest absolute Gasteiger partial charge is 0.329 e. The Labute approximate surface area is 107 Å². The van der Waals surface area contributed by atoms with Crippen LogP contribution in [-0.4, -0.2) is 21.0 Å². The summed E-state index contributed by atoms with van der Waals surface area (Å²) in [6.07, 6.45) is 2.49. The van der Waals surface area contributed by atoms with Crippen LogP contribution in [0.3, 0.4) is 0 Å². The summed E-state index contributed by atoms with van der Waals surface area (Å²) in [5, 5.41) is 0. The second-order valence-corrected chi connectivity index (χ2v) is 5.81. The van der Waals surface area contributed by atoms with E-state index in [1.807, 2.05) is 6.92 Å². The lowest BCUT2D eigenvalue weighted by Crippen LogP contribution is -2.40. The summed E-state index contributed by atoms with van der Waals surface area (Å²) < 4.78 is 39.8. The van der Waals surface area contributed by atoms with Gasteiger partial charge in [-0.2, -0.15) is 0 Å². The molecule has 0 aliphatic carbocycles. The first-order valence-corrected chi connectivity index (χ1v) is 7.46. The number of nitrogens with two attached hydrogens (primary N) is 1. The van der Waals surface area contributed by atoms with Crippen LogP contribution in [0.5, 0.6) is 0 Å². The van der Waals surface area contributed by atoms with E-state index in [2.05, 4.69) is 4.72 Å². The Balaban J connectivity index is 2.84. The fourth-order valence-corrected chi connectivity index (χ4v) is 2.98. The third-order valence-corrected chi connectivity index (χ3v) is 4.19.